The number of benzene rings is 1. The second-order valence-corrected chi connectivity index (χ2v) is 5.86. The molecule has 3 N–H and O–H groups in total. The molecule has 5 nitrogen and oxygen atoms in total. The number of carboxylic acid groups (broad SMARTS) is 1. The van der Waals surface area contributed by atoms with Crippen molar-refractivity contribution < 1.29 is 19.1 Å². The minimum absolute atomic E-state index is 0.108. The number of carboxylic acids is 1. The van der Waals surface area contributed by atoms with E-state index < -0.39 is 17.9 Å². The number of hydrogen-bond donors (Lipinski definition) is 3. The average Bonchev–Trinajstić information content (AvgIpc) is 3.16. The Morgan fingerprint density at radius 3 is 2.87 bits per heavy atom. The Morgan fingerprint density at radius 1 is 1.35 bits per heavy atom. The van der Waals surface area contributed by atoms with Gasteiger partial charge in [0.15, 0.2) is 0 Å². The van der Waals surface area contributed by atoms with E-state index in [9.17, 15) is 19.1 Å². The van der Waals surface area contributed by atoms with Gasteiger partial charge in [-0.05, 0) is 35.2 Å². The van der Waals surface area contributed by atoms with Gasteiger partial charge in [-0.15, -0.1) is 0 Å². The average molecular weight is 332 g/mol. The van der Waals surface area contributed by atoms with Gasteiger partial charge in [0.25, 0.3) is 5.91 Å². The van der Waals surface area contributed by atoms with Crippen molar-refractivity contribution in [3.8, 4) is 0 Å². The maximum Gasteiger partial charge on any atom is 0.326 e. The lowest BCUT2D eigenvalue weighted by Gasteiger charge is -2.13. The lowest BCUT2D eigenvalue weighted by atomic mass is 10.0. The van der Waals surface area contributed by atoms with Gasteiger partial charge in [-0.25, -0.2) is 9.18 Å². The van der Waals surface area contributed by atoms with Gasteiger partial charge in [0.2, 0.25) is 0 Å². The van der Waals surface area contributed by atoms with E-state index >= 15 is 0 Å². The molecule has 0 fully saturated rings. The fraction of sp³-hybridized carbons (Fsp3) is 0.125. The molecule has 118 valence electrons. The summed E-state index contributed by atoms with van der Waals surface area (Å²) in [6.07, 6.45) is 1.74. The van der Waals surface area contributed by atoms with Crippen molar-refractivity contribution in [2.45, 2.75) is 12.5 Å². The SMILES string of the molecule is O=C(N[C@H](Cc1c[nH]c2cc(F)ccc12)C(=O)O)c1ccsc1. The molecule has 0 aliphatic heterocycles. The molecular weight excluding hydrogens is 319 g/mol. The zero-order chi connectivity index (χ0) is 16.4. The maximum atomic E-state index is 13.2. The molecule has 0 spiro atoms. The van der Waals surface area contributed by atoms with Crippen molar-refractivity contribution in [3.05, 3.63) is 58.2 Å². The highest BCUT2D eigenvalue weighted by atomic mass is 32.1. The molecular formula is C16H13FN2O3S. The molecule has 7 heteroatoms. The fourth-order valence-corrected chi connectivity index (χ4v) is 3.02. The van der Waals surface area contributed by atoms with Gasteiger partial charge < -0.3 is 15.4 Å². The molecule has 0 aliphatic carbocycles. The number of aliphatic carboxylic acids is 1. The number of hydrogen-bond acceptors (Lipinski definition) is 3. The Labute approximate surface area is 134 Å². The first-order valence-corrected chi connectivity index (χ1v) is 7.80. The summed E-state index contributed by atoms with van der Waals surface area (Å²) >= 11 is 1.36. The Bertz CT molecular complexity index is 857. The summed E-state index contributed by atoms with van der Waals surface area (Å²) in [7, 11) is 0. The van der Waals surface area contributed by atoms with Crippen LogP contribution in [0.25, 0.3) is 10.9 Å². The van der Waals surface area contributed by atoms with Crippen LogP contribution in [0.2, 0.25) is 0 Å². The lowest BCUT2D eigenvalue weighted by Crippen LogP contribution is -2.42. The summed E-state index contributed by atoms with van der Waals surface area (Å²) in [5, 5.41) is 16.0. The summed E-state index contributed by atoms with van der Waals surface area (Å²) in [6, 6.07) is 4.83. The summed E-state index contributed by atoms with van der Waals surface area (Å²) < 4.78 is 13.2. The number of halogens is 1. The number of carbonyl (C=O) groups is 2. The number of thiophene rings is 1. The van der Waals surface area contributed by atoms with Crippen molar-refractivity contribution >= 4 is 34.1 Å². The van der Waals surface area contributed by atoms with E-state index in [2.05, 4.69) is 10.3 Å². The number of amides is 1. The standard InChI is InChI=1S/C16H13FN2O3S/c17-11-1-2-12-10(7-18-13(12)6-11)5-14(16(21)22)19-15(20)9-3-4-23-8-9/h1-4,6-8,14,18H,5H2,(H,19,20)(H,21,22)/t14-/m1/s1. The van der Waals surface area contributed by atoms with Crippen LogP contribution in [-0.4, -0.2) is 28.0 Å². The normalized spacial score (nSPS) is 12.2. The molecule has 0 bridgehead atoms. The van der Waals surface area contributed by atoms with Crippen molar-refractivity contribution in [1.82, 2.24) is 10.3 Å². The molecule has 23 heavy (non-hydrogen) atoms. The van der Waals surface area contributed by atoms with Gasteiger partial charge in [-0.1, -0.05) is 0 Å². The molecule has 2 aromatic heterocycles. The van der Waals surface area contributed by atoms with Gasteiger partial charge in [-0.2, -0.15) is 11.3 Å². The first-order chi connectivity index (χ1) is 11.0. The Hall–Kier alpha value is -2.67. The molecule has 0 unspecified atom stereocenters. The van der Waals surface area contributed by atoms with Crippen LogP contribution in [0.15, 0.2) is 41.2 Å². The molecule has 3 rings (SSSR count). The molecule has 0 saturated carbocycles. The van der Waals surface area contributed by atoms with Gasteiger partial charge in [0.05, 0.1) is 5.56 Å². The van der Waals surface area contributed by atoms with Crippen molar-refractivity contribution in [1.29, 1.82) is 0 Å². The Balaban J connectivity index is 1.81. The van der Waals surface area contributed by atoms with E-state index in [1.807, 2.05) is 0 Å². The number of H-pyrrole nitrogens is 1. The van der Waals surface area contributed by atoms with E-state index in [4.69, 9.17) is 0 Å². The van der Waals surface area contributed by atoms with Crippen LogP contribution in [0.4, 0.5) is 4.39 Å². The molecule has 0 aliphatic rings. The number of rotatable bonds is 5. The number of aromatic nitrogens is 1. The third-order valence-electron chi connectivity index (χ3n) is 3.54. The second kappa shape index (κ2) is 6.21. The number of nitrogens with one attached hydrogen (secondary N) is 2. The minimum atomic E-state index is -1.12. The van der Waals surface area contributed by atoms with Gasteiger partial charge in [0, 0.05) is 28.9 Å². The summed E-state index contributed by atoms with van der Waals surface area (Å²) in [6.45, 7) is 0. The highest BCUT2D eigenvalue weighted by Crippen LogP contribution is 2.20. The van der Waals surface area contributed by atoms with Crippen molar-refractivity contribution in [2.24, 2.45) is 0 Å². The summed E-state index contributed by atoms with van der Waals surface area (Å²) in [5.74, 6) is -1.92. The zero-order valence-corrected chi connectivity index (χ0v) is 12.7. The van der Waals surface area contributed by atoms with Crippen LogP contribution in [-0.2, 0) is 11.2 Å². The molecule has 3 aromatic rings. The molecule has 0 radical (unpaired) electrons. The maximum absolute atomic E-state index is 13.2. The van der Waals surface area contributed by atoms with E-state index in [1.54, 1.807) is 29.1 Å². The topological polar surface area (TPSA) is 82.2 Å². The van der Waals surface area contributed by atoms with Crippen LogP contribution in [0.1, 0.15) is 15.9 Å². The van der Waals surface area contributed by atoms with Crippen molar-refractivity contribution in [3.63, 3.8) is 0 Å². The van der Waals surface area contributed by atoms with E-state index in [0.717, 1.165) is 5.39 Å². The molecule has 2 heterocycles. The fourth-order valence-electron chi connectivity index (χ4n) is 2.38. The van der Waals surface area contributed by atoms with Crippen LogP contribution in [0, 0.1) is 5.82 Å². The smallest absolute Gasteiger partial charge is 0.326 e. The minimum Gasteiger partial charge on any atom is -0.480 e. The summed E-state index contributed by atoms with van der Waals surface area (Å²) in [4.78, 5) is 26.4. The number of aromatic amines is 1. The molecule has 1 amide bonds. The first-order valence-electron chi connectivity index (χ1n) is 6.86. The molecule has 0 saturated heterocycles. The van der Waals surface area contributed by atoms with Gasteiger partial charge in [0.1, 0.15) is 11.9 Å². The number of fused-ring (bicyclic) bond motifs is 1. The quantitative estimate of drug-likeness (QED) is 0.672. The molecule has 1 aromatic carbocycles. The van der Waals surface area contributed by atoms with Crippen molar-refractivity contribution in [2.75, 3.05) is 0 Å². The predicted octanol–water partition coefficient (Wildman–Crippen LogP) is 2.79. The molecule has 1 atom stereocenters. The van der Waals surface area contributed by atoms with Crippen LogP contribution < -0.4 is 5.32 Å². The lowest BCUT2D eigenvalue weighted by molar-refractivity contribution is -0.139. The van der Waals surface area contributed by atoms with E-state index in [-0.39, 0.29) is 12.2 Å². The third-order valence-corrected chi connectivity index (χ3v) is 4.22. The number of carbonyl (C=O) groups excluding carboxylic acids is 1. The van der Waals surface area contributed by atoms with E-state index in [1.165, 1.54) is 23.5 Å². The second-order valence-electron chi connectivity index (χ2n) is 5.08. The monoisotopic (exact) mass is 332 g/mol. The summed E-state index contributed by atoms with van der Waals surface area (Å²) in [5.41, 5.74) is 1.73. The highest BCUT2D eigenvalue weighted by molar-refractivity contribution is 7.08. The first kappa shape index (κ1) is 15.2. The largest absolute Gasteiger partial charge is 0.480 e. The van der Waals surface area contributed by atoms with Crippen LogP contribution in [0.3, 0.4) is 0 Å². The Kier molecular flexibility index (Phi) is 4.12. The van der Waals surface area contributed by atoms with Gasteiger partial charge >= 0.3 is 5.97 Å². The van der Waals surface area contributed by atoms with Crippen LogP contribution >= 0.6 is 11.3 Å². The zero-order valence-electron chi connectivity index (χ0n) is 11.9. The van der Waals surface area contributed by atoms with E-state index in [0.29, 0.717) is 16.6 Å². The van der Waals surface area contributed by atoms with Gasteiger partial charge in [-0.3, -0.25) is 4.79 Å². The third kappa shape index (κ3) is 3.24. The predicted molar refractivity (Wildman–Crippen MR) is 85.2 cm³/mol. The van der Waals surface area contributed by atoms with Crippen LogP contribution in [0.5, 0.6) is 0 Å². The highest BCUT2D eigenvalue weighted by Gasteiger charge is 2.22. The Morgan fingerprint density at radius 2 is 2.17 bits per heavy atom.